The fraction of sp³-hybridized carbons (Fsp3) is 0.500. The van der Waals surface area contributed by atoms with Crippen molar-refractivity contribution in [3.8, 4) is 23.0 Å². The first kappa shape index (κ1) is 28.5. The van der Waals surface area contributed by atoms with Gasteiger partial charge in [0.15, 0.2) is 11.5 Å². The third kappa shape index (κ3) is 4.67. The second-order valence-electron chi connectivity index (χ2n) is 12.0. The normalized spacial score (nSPS) is 23.9. The Morgan fingerprint density at radius 3 is 2.65 bits per heavy atom. The summed E-state index contributed by atoms with van der Waals surface area (Å²) in [5.74, 6) is 0.776. The van der Waals surface area contributed by atoms with Gasteiger partial charge in [-0.15, -0.1) is 0 Å². The van der Waals surface area contributed by atoms with Crippen molar-refractivity contribution in [2.75, 3.05) is 7.11 Å². The van der Waals surface area contributed by atoms with Crippen LogP contribution in [0.3, 0.4) is 0 Å². The zero-order valence-electron chi connectivity index (χ0n) is 23.8. The first-order valence-corrected chi connectivity index (χ1v) is 14.3. The average Bonchev–Trinajstić information content (AvgIpc) is 3.50. The van der Waals surface area contributed by atoms with Crippen molar-refractivity contribution in [3.63, 3.8) is 0 Å². The van der Waals surface area contributed by atoms with Gasteiger partial charge in [0, 0.05) is 11.1 Å². The summed E-state index contributed by atoms with van der Waals surface area (Å²) in [5.41, 5.74) is 1.49. The van der Waals surface area contributed by atoms with Crippen molar-refractivity contribution in [2.24, 2.45) is 23.2 Å². The topological polar surface area (TPSA) is 91.3 Å². The zero-order valence-corrected chi connectivity index (χ0v) is 24.5. The average molecular weight is 569 g/mol. The van der Waals surface area contributed by atoms with Crippen LogP contribution in [0.25, 0.3) is 6.08 Å². The fourth-order valence-corrected chi connectivity index (χ4v) is 7.00. The van der Waals surface area contributed by atoms with Gasteiger partial charge in [-0.05, 0) is 75.0 Å². The van der Waals surface area contributed by atoms with Crippen LogP contribution in [0.15, 0.2) is 18.7 Å². The number of halogens is 1. The van der Waals surface area contributed by atoms with Crippen molar-refractivity contribution in [2.45, 2.75) is 72.5 Å². The highest BCUT2D eigenvalue weighted by molar-refractivity contribution is 6.32. The summed E-state index contributed by atoms with van der Waals surface area (Å²) in [5, 5.41) is 11.2. The summed E-state index contributed by atoms with van der Waals surface area (Å²) in [4.78, 5) is 27.1. The molecule has 1 heterocycles. The van der Waals surface area contributed by atoms with E-state index in [9.17, 15) is 14.7 Å². The second-order valence-corrected chi connectivity index (χ2v) is 12.3. The van der Waals surface area contributed by atoms with Gasteiger partial charge in [0.05, 0.1) is 29.2 Å². The molecule has 0 aromatic heterocycles. The van der Waals surface area contributed by atoms with Gasteiger partial charge in [0.2, 0.25) is 0 Å². The molecule has 2 saturated carbocycles. The smallest absolute Gasteiger partial charge is 0.346 e. The third-order valence-corrected chi connectivity index (χ3v) is 9.43. The molecule has 0 amide bonds. The molecule has 0 radical (unpaired) electrons. The molecular formula is C32H37ClO7. The van der Waals surface area contributed by atoms with Crippen LogP contribution in [-0.2, 0) is 16.1 Å². The molecule has 1 N–H and O–H groups in total. The van der Waals surface area contributed by atoms with Crippen LogP contribution < -0.4 is 14.2 Å². The second kappa shape index (κ2) is 10.7. The predicted octanol–water partition coefficient (Wildman–Crippen LogP) is 7.57. The first-order chi connectivity index (χ1) is 19.0. The molecule has 3 aliphatic rings. The van der Waals surface area contributed by atoms with E-state index in [1.165, 1.54) is 7.11 Å². The first-order valence-electron chi connectivity index (χ1n) is 13.9. The molecule has 0 saturated heterocycles. The van der Waals surface area contributed by atoms with E-state index in [0.717, 1.165) is 25.7 Å². The maximum atomic E-state index is 13.8. The number of carbonyl (C=O) groups is 2. The molecule has 0 spiro atoms. The van der Waals surface area contributed by atoms with E-state index in [1.54, 1.807) is 25.1 Å². The highest BCUT2D eigenvalue weighted by Crippen LogP contribution is 2.57. The van der Waals surface area contributed by atoms with E-state index in [4.69, 9.17) is 30.5 Å². The highest BCUT2D eigenvalue weighted by atomic mass is 35.5. The van der Waals surface area contributed by atoms with Crippen LogP contribution >= 0.6 is 11.6 Å². The maximum absolute atomic E-state index is 13.8. The Hall–Kier alpha value is -3.03. The number of esters is 2. The van der Waals surface area contributed by atoms with Crippen LogP contribution in [0.5, 0.6) is 23.0 Å². The number of hydrogen-bond donors (Lipinski definition) is 1. The van der Waals surface area contributed by atoms with Gasteiger partial charge in [-0.3, -0.25) is 4.79 Å². The van der Waals surface area contributed by atoms with Crippen molar-refractivity contribution < 1.29 is 33.6 Å². The number of methoxy groups -OCH3 is 1. The minimum absolute atomic E-state index is 0.0441. The van der Waals surface area contributed by atoms with Gasteiger partial charge in [-0.2, -0.15) is 0 Å². The molecule has 8 heteroatoms. The molecule has 40 heavy (non-hydrogen) atoms. The summed E-state index contributed by atoms with van der Waals surface area (Å²) in [6, 6.07) is 3.27. The molecule has 2 fully saturated rings. The van der Waals surface area contributed by atoms with E-state index in [-0.39, 0.29) is 53.0 Å². The maximum Gasteiger partial charge on any atom is 0.346 e. The number of aliphatic hydroxyl groups excluding tert-OH is 1. The molecular weight excluding hydrogens is 532 g/mol. The van der Waals surface area contributed by atoms with Crippen molar-refractivity contribution in [3.05, 3.63) is 51.6 Å². The van der Waals surface area contributed by atoms with Gasteiger partial charge in [0.25, 0.3) is 0 Å². The monoisotopic (exact) mass is 568 g/mol. The largest absolute Gasteiger partial charge is 0.495 e. The highest BCUT2D eigenvalue weighted by Gasteiger charge is 2.53. The molecule has 7 nitrogen and oxygen atoms in total. The van der Waals surface area contributed by atoms with Crippen LogP contribution in [0, 0.1) is 30.1 Å². The number of carbonyl (C=O) groups excluding carboxylic acids is 2. The van der Waals surface area contributed by atoms with E-state index in [2.05, 4.69) is 6.58 Å². The lowest BCUT2D eigenvalue weighted by Gasteiger charge is -2.32. The number of benzene rings is 2. The SMILES string of the molecule is C=Cc1c(C)c(Cl)c2c(c1OC(=O)[C@]1(C)C[C@@H]3CC[C@H]1C3)Oc1ccc([C@@H](O)CC(C)C)c(OC)c1C(=O)OC2. The van der Waals surface area contributed by atoms with Crippen molar-refractivity contribution in [1.82, 2.24) is 0 Å². The molecule has 0 unspecified atom stereocenters. The van der Waals surface area contributed by atoms with Crippen molar-refractivity contribution in [1.29, 1.82) is 0 Å². The minimum Gasteiger partial charge on any atom is -0.495 e. The Bertz CT molecular complexity index is 1380. The molecule has 4 atom stereocenters. The number of fused-ring (bicyclic) bond motifs is 4. The Morgan fingerprint density at radius 2 is 2.05 bits per heavy atom. The predicted molar refractivity (Wildman–Crippen MR) is 152 cm³/mol. The lowest BCUT2D eigenvalue weighted by molar-refractivity contribution is -0.148. The molecule has 2 aliphatic carbocycles. The van der Waals surface area contributed by atoms with E-state index in [0.29, 0.717) is 39.6 Å². The lowest BCUT2D eigenvalue weighted by Crippen LogP contribution is -2.37. The summed E-state index contributed by atoms with van der Waals surface area (Å²) in [6.45, 7) is 11.5. The van der Waals surface area contributed by atoms with Crippen LogP contribution in [-0.4, -0.2) is 24.2 Å². The number of ether oxygens (including phenoxy) is 4. The summed E-state index contributed by atoms with van der Waals surface area (Å²) in [6.07, 6.45) is 5.24. The van der Waals surface area contributed by atoms with E-state index < -0.39 is 17.5 Å². The van der Waals surface area contributed by atoms with Gasteiger partial charge in [-0.1, -0.05) is 44.5 Å². The van der Waals surface area contributed by atoms with Crippen molar-refractivity contribution >= 4 is 29.6 Å². The Labute approximate surface area is 240 Å². The molecule has 1 aliphatic heterocycles. The summed E-state index contributed by atoms with van der Waals surface area (Å²) >= 11 is 6.77. The number of cyclic esters (lactones) is 1. The number of rotatable bonds is 7. The molecule has 214 valence electrons. The Morgan fingerprint density at radius 1 is 1.30 bits per heavy atom. The van der Waals surface area contributed by atoms with E-state index >= 15 is 0 Å². The molecule has 2 aromatic carbocycles. The van der Waals surface area contributed by atoms with Gasteiger partial charge >= 0.3 is 11.9 Å². The molecule has 5 rings (SSSR count). The van der Waals surface area contributed by atoms with E-state index in [1.807, 2.05) is 20.8 Å². The van der Waals surface area contributed by atoms with Gasteiger partial charge in [-0.25, -0.2) is 4.79 Å². The quantitative estimate of drug-likeness (QED) is 0.272. The number of hydrogen-bond acceptors (Lipinski definition) is 7. The Kier molecular flexibility index (Phi) is 7.66. The number of aliphatic hydroxyl groups is 1. The zero-order chi connectivity index (χ0) is 28.9. The minimum atomic E-state index is -0.853. The Balaban J connectivity index is 1.63. The van der Waals surface area contributed by atoms with Crippen LogP contribution in [0.4, 0.5) is 0 Å². The van der Waals surface area contributed by atoms with Gasteiger partial charge in [0.1, 0.15) is 23.7 Å². The standard InChI is InChI=1S/C32H37ClO7/c1-7-20-17(4)26(33)22-15-38-30(35)25-24(11-10-21(27(25)37-6)23(34)12-16(2)3)39-29(22)28(20)40-31(36)32(5)14-18-8-9-19(32)13-18/h7,10-11,16,18-19,23,34H,1,8-9,12-15H2,2-6H3/t18-,19+,23+,32-/m1/s1. The fourth-order valence-electron chi connectivity index (χ4n) is 6.76. The molecule has 2 bridgehead atoms. The van der Waals surface area contributed by atoms with Gasteiger partial charge < -0.3 is 24.1 Å². The lowest BCUT2D eigenvalue weighted by atomic mass is 9.75. The third-order valence-electron chi connectivity index (χ3n) is 8.91. The molecule has 2 aromatic rings. The van der Waals surface area contributed by atoms with Crippen LogP contribution in [0.2, 0.25) is 5.02 Å². The summed E-state index contributed by atoms with van der Waals surface area (Å²) in [7, 11) is 1.43. The summed E-state index contributed by atoms with van der Waals surface area (Å²) < 4.78 is 23.9. The van der Waals surface area contributed by atoms with Crippen LogP contribution in [0.1, 0.15) is 91.6 Å².